The van der Waals surface area contributed by atoms with Gasteiger partial charge in [-0.1, -0.05) is 55.7 Å². The molecule has 0 spiro atoms. The second-order valence-electron chi connectivity index (χ2n) is 7.94. The molecule has 0 bridgehead atoms. The Morgan fingerprint density at radius 2 is 1.87 bits per heavy atom. The van der Waals surface area contributed by atoms with Crippen LogP contribution in [-0.4, -0.2) is 15.5 Å². The number of carbonyl (C=O) groups is 1. The van der Waals surface area contributed by atoms with Crippen LogP contribution in [0.2, 0.25) is 0 Å². The van der Waals surface area contributed by atoms with Crippen LogP contribution in [0.5, 0.6) is 0 Å². The quantitative estimate of drug-likeness (QED) is 0.511. The van der Waals surface area contributed by atoms with E-state index in [2.05, 4.69) is 10.3 Å². The molecule has 152 valence electrons. The first-order valence-electron chi connectivity index (χ1n) is 10.4. The SMILES string of the molecule is Cc1oc2ncn(C3CCCCC3)c(=O)c2c1C(=O)Nc1cccc2ccccc12. The van der Waals surface area contributed by atoms with E-state index in [1.54, 1.807) is 17.8 Å². The van der Waals surface area contributed by atoms with Gasteiger partial charge in [-0.2, -0.15) is 0 Å². The molecule has 1 aliphatic carbocycles. The van der Waals surface area contributed by atoms with Crippen LogP contribution < -0.4 is 10.9 Å². The lowest BCUT2D eigenvalue weighted by Gasteiger charge is -2.23. The van der Waals surface area contributed by atoms with Crippen LogP contribution in [0.1, 0.15) is 54.3 Å². The maximum absolute atomic E-state index is 13.3. The monoisotopic (exact) mass is 401 g/mol. The van der Waals surface area contributed by atoms with Gasteiger partial charge in [0.15, 0.2) is 0 Å². The predicted octanol–water partition coefficient (Wildman–Crippen LogP) is 5.21. The lowest BCUT2D eigenvalue weighted by Crippen LogP contribution is -2.27. The van der Waals surface area contributed by atoms with Crippen LogP contribution in [0, 0.1) is 6.92 Å². The van der Waals surface area contributed by atoms with E-state index in [4.69, 9.17) is 4.42 Å². The summed E-state index contributed by atoms with van der Waals surface area (Å²) in [6.45, 7) is 1.70. The standard InChI is InChI=1S/C24H23N3O3/c1-15-20(22(28)26-19-13-7-9-16-8-5-6-12-18(16)19)21-23(30-15)25-14-27(24(21)29)17-10-3-2-4-11-17/h5-9,12-14,17H,2-4,10-11H2,1H3,(H,26,28). The molecule has 1 amide bonds. The molecule has 0 saturated heterocycles. The number of rotatable bonds is 3. The molecule has 1 fully saturated rings. The van der Waals surface area contributed by atoms with Crippen molar-refractivity contribution in [2.45, 2.75) is 45.1 Å². The van der Waals surface area contributed by atoms with Gasteiger partial charge in [-0.05, 0) is 31.2 Å². The third kappa shape index (κ3) is 3.09. The zero-order chi connectivity index (χ0) is 20.7. The fraction of sp³-hybridized carbons (Fsp3) is 0.292. The van der Waals surface area contributed by atoms with E-state index in [-0.39, 0.29) is 34.2 Å². The molecule has 1 aliphatic rings. The zero-order valence-corrected chi connectivity index (χ0v) is 16.9. The summed E-state index contributed by atoms with van der Waals surface area (Å²) < 4.78 is 7.37. The molecule has 2 aromatic heterocycles. The van der Waals surface area contributed by atoms with Gasteiger partial charge in [0.2, 0.25) is 5.71 Å². The Kier molecular flexibility index (Phi) is 4.62. The molecule has 2 aromatic carbocycles. The average Bonchev–Trinajstić information content (AvgIpc) is 3.12. The first-order chi connectivity index (χ1) is 14.6. The number of amides is 1. The second kappa shape index (κ2) is 7.44. The van der Waals surface area contributed by atoms with E-state index in [9.17, 15) is 9.59 Å². The summed E-state index contributed by atoms with van der Waals surface area (Å²) in [6, 6.07) is 13.7. The van der Waals surface area contributed by atoms with Crippen molar-refractivity contribution in [3.05, 3.63) is 70.5 Å². The molecule has 0 atom stereocenters. The molecule has 1 N–H and O–H groups in total. The number of carbonyl (C=O) groups excluding carboxylic acids is 1. The highest BCUT2D eigenvalue weighted by Gasteiger charge is 2.25. The number of aryl methyl sites for hydroxylation is 1. The van der Waals surface area contributed by atoms with Gasteiger partial charge in [0, 0.05) is 17.1 Å². The van der Waals surface area contributed by atoms with Crippen molar-refractivity contribution < 1.29 is 9.21 Å². The van der Waals surface area contributed by atoms with E-state index in [0.29, 0.717) is 11.4 Å². The molecule has 30 heavy (non-hydrogen) atoms. The number of aromatic nitrogens is 2. The van der Waals surface area contributed by atoms with Gasteiger partial charge in [0.25, 0.3) is 11.5 Å². The summed E-state index contributed by atoms with van der Waals surface area (Å²) in [4.78, 5) is 30.9. The van der Waals surface area contributed by atoms with E-state index in [1.165, 1.54) is 6.42 Å². The number of furan rings is 1. The number of hydrogen-bond donors (Lipinski definition) is 1. The van der Waals surface area contributed by atoms with Crippen molar-refractivity contribution in [3.8, 4) is 0 Å². The third-order valence-electron chi connectivity index (χ3n) is 6.05. The minimum atomic E-state index is -0.358. The van der Waals surface area contributed by atoms with E-state index < -0.39 is 0 Å². The van der Waals surface area contributed by atoms with Gasteiger partial charge in [-0.25, -0.2) is 4.98 Å². The molecular formula is C24H23N3O3. The van der Waals surface area contributed by atoms with Crippen LogP contribution in [0.25, 0.3) is 21.9 Å². The lowest BCUT2D eigenvalue weighted by atomic mass is 9.95. The number of nitrogens with zero attached hydrogens (tertiary/aromatic N) is 2. The molecular weight excluding hydrogens is 378 g/mol. The van der Waals surface area contributed by atoms with E-state index in [0.717, 1.165) is 36.5 Å². The summed E-state index contributed by atoms with van der Waals surface area (Å²) in [5.41, 5.74) is 0.975. The molecule has 1 saturated carbocycles. The van der Waals surface area contributed by atoms with Crippen LogP contribution in [0.3, 0.4) is 0 Å². The van der Waals surface area contributed by atoms with Gasteiger partial charge in [-0.15, -0.1) is 0 Å². The van der Waals surface area contributed by atoms with Crippen molar-refractivity contribution in [2.24, 2.45) is 0 Å². The van der Waals surface area contributed by atoms with Crippen LogP contribution in [0.15, 0.2) is 58.0 Å². The Balaban J connectivity index is 1.58. The number of fused-ring (bicyclic) bond motifs is 2. The normalized spacial score (nSPS) is 15.0. The van der Waals surface area contributed by atoms with Gasteiger partial charge in [0.05, 0.1) is 5.56 Å². The third-order valence-corrected chi connectivity index (χ3v) is 6.05. The highest BCUT2D eigenvalue weighted by molar-refractivity contribution is 6.15. The fourth-order valence-corrected chi connectivity index (χ4v) is 4.53. The Labute approximate surface area is 173 Å². The summed E-state index contributed by atoms with van der Waals surface area (Å²) in [5, 5.41) is 5.21. The number of nitrogens with one attached hydrogen (secondary N) is 1. The Morgan fingerprint density at radius 3 is 2.70 bits per heavy atom. The van der Waals surface area contributed by atoms with Crippen LogP contribution >= 0.6 is 0 Å². The molecule has 0 aliphatic heterocycles. The summed E-state index contributed by atoms with van der Waals surface area (Å²) in [5.74, 6) is 0.0385. The first-order valence-corrected chi connectivity index (χ1v) is 10.4. The molecule has 4 aromatic rings. The van der Waals surface area contributed by atoms with Crippen molar-refractivity contribution in [1.82, 2.24) is 9.55 Å². The minimum absolute atomic E-state index is 0.132. The van der Waals surface area contributed by atoms with Crippen molar-refractivity contribution in [3.63, 3.8) is 0 Å². The fourth-order valence-electron chi connectivity index (χ4n) is 4.53. The largest absolute Gasteiger partial charge is 0.442 e. The number of benzene rings is 2. The van der Waals surface area contributed by atoms with Crippen LogP contribution in [-0.2, 0) is 0 Å². The molecule has 0 radical (unpaired) electrons. The summed E-state index contributed by atoms with van der Waals surface area (Å²) in [6.07, 6.45) is 6.89. The first kappa shape index (κ1) is 18.6. The topological polar surface area (TPSA) is 77.1 Å². The van der Waals surface area contributed by atoms with E-state index in [1.807, 2.05) is 42.5 Å². The van der Waals surface area contributed by atoms with Crippen molar-refractivity contribution >= 4 is 33.5 Å². The number of hydrogen-bond acceptors (Lipinski definition) is 4. The average molecular weight is 401 g/mol. The summed E-state index contributed by atoms with van der Waals surface area (Å²) in [7, 11) is 0. The van der Waals surface area contributed by atoms with Gasteiger partial charge in [0.1, 0.15) is 17.5 Å². The van der Waals surface area contributed by atoms with Gasteiger partial charge < -0.3 is 9.73 Å². The zero-order valence-electron chi connectivity index (χ0n) is 16.9. The maximum Gasteiger partial charge on any atom is 0.265 e. The number of anilines is 1. The highest BCUT2D eigenvalue weighted by atomic mass is 16.3. The molecule has 2 heterocycles. The maximum atomic E-state index is 13.3. The lowest BCUT2D eigenvalue weighted by molar-refractivity contribution is 0.102. The molecule has 5 rings (SSSR count). The van der Waals surface area contributed by atoms with Crippen LogP contribution in [0.4, 0.5) is 5.69 Å². The highest BCUT2D eigenvalue weighted by Crippen LogP contribution is 2.29. The summed E-state index contributed by atoms with van der Waals surface area (Å²) >= 11 is 0. The van der Waals surface area contributed by atoms with Crippen molar-refractivity contribution in [1.29, 1.82) is 0 Å². The Morgan fingerprint density at radius 1 is 1.10 bits per heavy atom. The second-order valence-corrected chi connectivity index (χ2v) is 7.94. The smallest absolute Gasteiger partial charge is 0.265 e. The molecule has 6 heteroatoms. The minimum Gasteiger partial charge on any atom is -0.442 e. The predicted molar refractivity (Wildman–Crippen MR) is 117 cm³/mol. The molecule has 0 unspecified atom stereocenters. The van der Waals surface area contributed by atoms with Gasteiger partial charge >= 0.3 is 0 Å². The van der Waals surface area contributed by atoms with Crippen molar-refractivity contribution in [2.75, 3.05) is 5.32 Å². The Hall–Kier alpha value is -3.41. The Bertz CT molecular complexity index is 1310. The van der Waals surface area contributed by atoms with Gasteiger partial charge in [-0.3, -0.25) is 14.2 Å². The molecule has 6 nitrogen and oxygen atoms in total. The van der Waals surface area contributed by atoms with E-state index >= 15 is 0 Å².